The van der Waals surface area contributed by atoms with E-state index in [0.717, 1.165) is 33.8 Å². The SMILES string of the molecule is CCOc1cc(-c2ccccc2)[o+]c2cc(OC)ccc12. The van der Waals surface area contributed by atoms with Gasteiger partial charge in [0.25, 0.3) is 0 Å². The van der Waals surface area contributed by atoms with Crippen LogP contribution >= 0.6 is 0 Å². The van der Waals surface area contributed by atoms with Crippen LogP contribution in [-0.4, -0.2) is 13.7 Å². The molecule has 0 radical (unpaired) electrons. The van der Waals surface area contributed by atoms with E-state index in [4.69, 9.17) is 13.9 Å². The number of rotatable bonds is 4. The highest BCUT2D eigenvalue weighted by molar-refractivity contribution is 5.86. The lowest BCUT2D eigenvalue weighted by molar-refractivity contribution is 0.342. The fourth-order valence-electron chi connectivity index (χ4n) is 2.28. The molecule has 0 amide bonds. The Bertz CT molecular complexity index is 751. The van der Waals surface area contributed by atoms with Crippen LogP contribution in [0.25, 0.3) is 22.3 Å². The zero-order valence-corrected chi connectivity index (χ0v) is 12.1. The van der Waals surface area contributed by atoms with Gasteiger partial charge in [0.1, 0.15) is 16.9 Å². The van der Waals surface area contributed by atoms with Crippen LogP contribution in [0.2, 0.25) is 0 Å². The van der Waals surface area contributed by atoms with Gasteiger partial charge in [-0.05, 0) is 31.2 Å². The topological polar surface area (TPSA) is 29.8 Å². The first kappa shape index (κ1) is 13.4. The van der Waals surface area contributed by atoms with Crippen molar-refractivity contribution in [3.63, 3.8) is 0 Å². The molecule has 0 aliphatic heterocycles. The molecule has 106 valence electrons. The van der Waals surface area contributed by atoms with Crippen molar-refractivity contribution in [1.29, 1.82) is 0 Å². The molecular weight excluding hydrogens is 264 g/mol. The lowest BCUT2D eigenvalue weighted by Gasteiger charge is -2.05. The molecule has 3 rings (SSSR count). The van der Waals surface area contributed by atoms with Crippen molar-refractivity contribution < 1.29 is 13.9 Å². The summed E-state index contributed by atoms with van der Waals surface area (Å²) < 4.78 is 17.0. The zero-order chi connectivity index (χ0) is 14.7. The van der Waals surface area contributed by atoms with Crippen molar-refractivity contribution in [3.8, 4) is 22.8 Å². The Hall–Kier alpha value is -2.55. The van der Waals surface area contributed by atoms with E-state index >= 15 is 0 Å². The van der Waals surface area contributed by atoms with Gasteiger partial charge < -0.3 is 9.47 Å². The quantitative estimate of drug-likeness (QED) is 0.644. The van der Waals surface area contributed by atoms with Crippen LogP contribution in [0.1, 0.15) is 6.92 Å². The Morgan fingerprint density at radius 1 is 1.00 bits per heavy atom. The standard InChI is InChI=1S/C18H17O3/c1-3-20-17-12-16(13-7-5-4-6-8-13)21-18-11-14(19-2)9-10-15(17)18/h4-12H,3H2,1-2H3/q+1. The molecule has 0 unspecified atom stereocenters. The fraction of sp³-hybridized carbons (Fsp3) is 0.167. The summed E-state index contributed by atoms with van der Waals surface area (Å²) in [5, 5.41) is 0.942. The van der Waals surface area contributed by atoms with Crippen molar-refractivity contribution in [2.75, 3.05) is 13.7 Å². The summed E-state index contributed by atoms with van der Waals surface area (Å²) in [6, 6.07) is 17.7. The highest BCUT2D eigenvalue weighted by Crippen LogP contribution is 2.34. The van der Waals surface area contributed by atoms with E-state index in [0.29, 0.717) is 6.61 Å². The average molecular weight is 281 g/mol. The summed E-state index contributed by atoms with van der Waals surface area (Å²) in [5.74, 6) is 2.36. The summed E-state index contributed by atoms with van der Waals surface area (Å²) in [5.41, 5.74) is 1.77. The fourth-order valence-corrected chi connectivity index (χ4v) is 2.28. The largest absolute Gasteiger partial charge is 0.496 e. The maximum atomic E-state index is 6.02. The van der Waals surface area contributed by atoms with E-state index in [1.54, 1.807) is 7.11 Å². The summed E-state index contributed by atoms with van der Waals surface area (Å²) in [7, 11) is 1.64. The smallest absolute Gasteiger partial charge is 0.368 e. The Morgan fingerprint density at radius 3 is 2.52 bits per heavy atom. The molecule has 0 saturated carbocycles. The molecule has 0 saturated heterocycles. The van der Waals surface area contributed by atoms with Gasteiger partial charge >= 0.3 is 11.3 Å². The van der Waals surface area contributed by atoms with Crippen LogP contribution in [0.3, 0.4) is 0 Å². The molecule has 1 heterocycles. The first-order valence-corrected chi connectivity index (χ1v) is 6.95. The zero-order valence-electron chi connectivity index (χ0n) is 12.1. The Labute approximate surface area is 123 Å². The van der Waals surface area contributed by atoms with E-state index in [-0.39, 0.29) is 0 Å². The molecule has 2 aromatic carbocycles. The van der Waals surface area contributed by atoms with Crippen molar-refractivity contribution in [3.05, 3.63) is 54.6 Å². The third kappa shape index (κ3) is 2.68. The van der Waals surface area contributed by atoms with Gasteiger partial charge in [-0.15, -0.1) is 0 Å². The van der Waals surface area contributed by atoms with Crippen LogP contribution in [0, 0.1) is 0 Å². The van der Waals surface area contributed by atoms with Crippen LogP contribution < -0.4 is 9.47 Å². The van der Waals surface area contributed by atoms with Gasteiger partial charge in [0.2, 0.25) is 0 Å². The maximum absolute atomic E-state index is 6.02. The average Bonchev–Trinajstić information content (AvgIpc) is 2.55. The highest BCUT2D eigenvalue weighted by atomic mass is 16.5. The molecule has 21 heavy (non-hydrogen) atoms. The number of ether oxygens (including phenoxy) is 2. The normalized spacial score (nSPS) is 10.6. The van der Waals surface area contributed by atoms with Crippen molar-refractivity contribution in [2.45, 2.75) is 6.92 Å². The number of hydrogen-bond donors (Lipinski definition) is 0. The van der Waals surface area contributed by atoms with Crippen LogP contribution in [-0.2, 0) is 0 Å². The number of hydrogen-bond acceptors (Lipinski definition) is 2. The van der Waals surface area contributed by atoms with Gasteiger partial charge in [-0.1, -0.05) is 18.2 Å². The molecule has 3 aromatic rings. The van der Waals surface area contributed by atoms with Crippen LogP contribution in [0.5, 0.6) is 11.5 Å². The predicted octanol–water partition coefficient (Wildman–Crippen LogP) is 4.79. The Balaban J connectivity index is 2.22. The minimum Gasteiger partial charge on any atom is -0.496 e. The Kier molecular flexibility index (Phi) is 3.73. The van der Waals surface area contributed by atoms with Crippen molar-refractivity contribution >= 4 is 11.0 Å². The minimum absolute atomic E-state index is 0.610. The maximum Gasteiger partial charge on any atom is 0.368 e. The lowest BCUT2D eigenvalue weighted by Crippen LogP contribution is -1.94. The van der Waals surface area contributed by atoms with E-state index in [9.17, 15) is 0 Å². The van der Waals surface area contributed by atoms with Crippen molar-refractivity contribution in [2.24, 2.45) is 0 Å². The molecule has 0 N–H and O–H groups in total. The monoisotopic (exact) mass is 281 g/mol. The Morgan fingerprint density at radius 2 is 1.81 bits per heavy atom. The van der Waals surface area contributed by atoms with E-state index in [1.165, 1.54) is 0 Å². The molecule has 3 nitrogen and oxygen atoms in total. The van der Waals surface area contributed by atoms with E-state index in [1.807, 2.05) is 61.5 Å². The third-order valence-electron chi connectivity index (χ3n) is 3.29. The van der Waals surface area contributed by atoms with Gasteiger partial charge in [0.05, 0.1) is 31.4 Å². The number of fused-ring (bicyclic) bond motifs is 1. The summed E-state index contributed by atoms with van der Waals surface area (Å²) in [4.78, 5) is 0. The molecule has 0 atom stereocenters. The second-order valence-corrected chi connectivity index (χ2v) is 4.64. The molecular formula is C18H17O3+. The molecule has 0 bridgehead atoms. The van der Waals surface area contributed by atoms with Gasteiger partial charge in [0, 0.05) is 0 Å². The summed E-state index contributed by atoms with van der Waals surface area (Å²) in [6.07, 6.45) is 0. The van der Waals surface area contributed by atoms with Gasteiger partial charge in [-0.2, -0.15) is 0 Å². The third-order valence-corrected chi connectivity index (χ3v) is 3.29. The first-order valence-electron chi connectivity index (χ1n) is 6.95. The molecule has 3 heteroatoms. The minimum atomic E-state index is 0.610. The number of methoxy groups -OCH3 is 1. The van der Waals surface area contributed by atoms with Crippen LogP contribution in [0.15, 0.2) is 59.0 Å². The molecule has 0 aliphatic carbocycles. The highest BCUT2D eigenvalue weighted by Gasteiger charge is 2.20. The lowest BCUT2D eigenvalue weighted by atomic mass is 10.1. The van der Waals surface area contributed by atoms with E-state index < -0.39 is 0 Å². The molecule has 0 spiro atoms. The van der Waals surface area contributed by atoms with Gasteiger partial charge in [-0.3, -0.25) is 0 Å². The van der Waals surface area contributed by atoms with Gasteiger partial charge in [0.15, 0.2) is 0 Å². The summed E-state index contributed by atoms with van der Waals surface area (Å²) in [6.45, 7) is 2.58. The molecule has 1 aromatic heterocycles. The van der Waals surface area contributed by atoms with E-state index in [2.05, 4.69) is 0 Å². The predicted molar refractivity (Wildman–Crippen MR) is 83.8 cm³/mol. The first-order chi connectivity index (χ1) is 10.3. The molecule has 0 fully saturated rings. The van der Waals surface area contributed by atoms with Crippen molar-refractivity contribution in [1.82, 2.24) is 0 Å². The second-order valence-electron chi connectivity index (χ2n) is 4.64. The number of benzene rings is 2. The summed E-state index contributed by atoms with van der Waals surface area (Å²) >= 11 is 0. The second kappa shape index (κ2) is 5.83. The van der Waals surface area contributed by atoms with Gasteiger partial charge in [-0.25, -0.2) is 4.42 Å². The molecule has 0 aliphatic rings. The van der Waals surface area contributed by atoms with Crippen LogP contribution in [0.4, 0.5) is 0 Å².